The van der Waals surface area contributed by atoms with Gasteiger partial charge >= 0.3 is 0 Å². The highest BCUT2D eigenvalue weighted by molar-refractivity contribution is 5.98. The van der Waals surface area contributed by atoms with Gasteiger partial charge in [0.25, 0.3) is 5.91 Å². The quantitative estimate of drug-likeness (QED) is 0.444. The number of fused-ring (bicyclic) bond motifs is 2. The van der Waals surface area contributed by atoms with Gasteiger partial charge in [0, 0.05) is 53.8 Å². The maximum Gasteiger partial charge on any atom is 0.251 e. The number of rotatable bonds is 6. The second-order valence-electron chi connectivity index (χ2n) is 8.46. The first kappa shape index (κ1) is 21.0. The van der Waals surface area contributed by atoms with Crippen LogP contribution in [-0.4, -0.2) is 29.9 Å². The van der Waals surface area contributed by atoms with Gasteiger partial charge in [0.2, 0.25) is 5.91 Å². The third-order valence-electron chi connectivity index (χ3n) is 6.51. The molecule has 0 saturated heterocycles. The van der Waals surface area contributed by atoms with Crippen LogP contribution < -0.4 is 10.2 Å². The summed E-state index contributed by atoms with van der Waals surface area (Å²) in [4.78, 5) is 30.4. The Morgan fingerprint density at radius 3 is 2.64 bits per heavy atom. The molecule has 0 fully saturated rings. The summed E-state index contributed by atoms with van der Waals surface area (Å²) in [5.41, 5.74) is 6.03. The average Bonchev–Trinajstić information content (AvgIpc) is 3.48. The Morgan fingerprint density at radius 2 is 1.82 bits per heavy atom. The first-order chi connectivity index (χ1) is 16.2. The average molecular weight is 438 g/mol. The van der Waals surface area contributed by atoms with Crippen LogP contribution in [0.3, 0.4) is 0 Å². The van der Waals surface area contributed by atoms with Gasteiger partial charge in [-0.15, -0.1) is 0 Å². The summed E-state index contributed by atoms with van der Waals surface area (Å²) < 4.78 is 0. The first-order valence-corrected chi connectivity index (χ1v) is 11.5. The molecule has 3 aromatic carbocycles. The summed E-state index contributed by atoms with van der Waals surface area (Å²) in [7, 11) is 0. The van der Waals surface area contributed by atoms with E-state index in [4.69, 9.17) is 0 Å². The molecule has 0 saturated carbocycles. The molecule has 2 N–H and O–H groups in total. The van der Waals surface area contributed by atoms with Crippen LogP contribution in [-0.2, 0) is 11.2 Å². The maximum absolute atomic E-state index is 13.1. The summed E-state index contributed by atoms with van der Waals surface area (Å²) >= 11 is 0. The molecule has 0 spiro atoms. The maximum atomic E-state index is 13.1. The Balaban J connectivity index is 1.38. The number of H-pyrrole nitrogens is 1. The van der Waals surface area contributed by atoms with Crippen molar-refractivity contribution >= 4 is 28.4 Å². The van der Waals surface area contributed by atoms with Gasteiger partial charge in [0.15, 0.2) is 0 Å². The lowest BCUT2D eigenvalue weighted by Gasteiger charge is -2.19. The summed E-state index contributed by atoms with van der Waals surface area (Å²) in [6, 6.07) is 24.2. The van der Waals surface area contributed by atoms with Crippen molar-refractivity contribution in [2.45, 2.75) is 25.7 Å². The molecule has 1 aliphatic rings. The van der Waals surface area contributed by atoms with E-state index in [1.165, 1.54) is 10.9 Å². The zero-order valence-corrected chi connectivity index (χ0v) is 18.7. The lowest BCUT2D eigenvalue weighted by atomic mass is 9.91. The van der Waals surface area contributed by atoms with Crippen molar-refractivity contribution in [2.24, 2.45) is 0 Å². The van der Waals surface area contributed by atoms with Crippen LogP contribution in [0.5, 0.6) is 0 Å². The van der Waals surface area contributed by atoms with Crippen LogP contribution in [0.2, 0.25) is 0 Å². The monoisotopic (exact) mass is 437 g/mol. The fourth-order valence-electron chi connectivity index (χ4n) is 4.76. The highest BCUT2D eigenvalue weighted by Gasteiger charge is 2.25. The number of nitrogens with one attached hydrogen (secondary N) is 2. The predicted molar refractivity (Wildman–Crippen MR) is 132 cm³/mol. The third-order valence-corrected chi connectivity index (χ3v) is 6.51. The molecule has 166 valence electrons. The van der Waals surface area contributed by atoms with Crippen molar-refractivity contribution in [3.8, 4) is 0 Å². The highest BCUT2D eigenvalue weighted by Crippen LogP contribution is 2.31. The number of benzene rings is 3. The number of hydrogen-bond donors (Lipinski definition) is 2. The summed E-state index contributed by atoms with van der Waals surface area (Å²) in [6.07, 6.45) is 3.31. The molecular formula is C28H27N3O2. The number of anilines is 1. The number of carbonyl (C=O) groups is 2. The zero-order chi connectivity index (χ0) is 22.8. The van der Waals surface area contributed by atoms with E-state index >= 15 is 0 Å². The minimum Gasteiger partial charge on any atom is -0.361 e. The van der Waals surface area contributed by atoms with Crippen LogP contribution in [0, 0.1) is 0 Å². The van der Waals surface area contributed by atoms with E-state index in [1.54, 1.807) is 0 Å². The Bertz CT molecular complexity index is 1310. The molecule has 5 rings (SSSR count). The molecule has 33 heavy (non-hydrogen) atoms. The number of para-hydroxylation sites is 1. The van der Waals surface area contributed by atoms with Crippen LogP contribution >= 0.6 is 0 Å². The molecule has 1 atom stereocenters. The van der Waals surface area contributed by atoms with Crippen LogP contribution in [0.4, 0.5) is 5.69 Å². The lowest BCUT2D eigenvalue weighted by molar-refractivity contribution is -0.118. The molecule has 0 radical (unpaired) electrons. The highest BCUT2D eigenvalue weighted by atomic mass is 16.2. The molecule has 5 nitrogen and oxygen atoms in total. The second kappa shape index (κ2) is 8.94. The molecular weight excluding hydrogens is 410 g/mol. The van der Waals surface area contributed by atoms with E-state index in [1.807, 2.05) is 66.6 Å². The number of aromatic amines is 1. The smallest absolute Gasteiger partial charge is 0.251 e. The zero-order valence-electron chi connectivity index (χ0n) is 18.7. The second-order valence-corrected chi connectivity index (χ2v) is 8.46. The minimum atomic E-state index is -0.0983. The van der Waals surface area contributed by atoms with Crippen molar-refractivity contribution in [1.29, 1.82) is 0 Å². The Morgan fingerprint density at radius 1 is 1.03 bits per heavy atom. The van der Waals surface area contributed by atoms with E-state index in [9.17, 15) is 9.59 Å². The molecule has 2 heterocycles. The molecule has 5 heteroatoms. The van der Waals surface area contributed by atoms with Crippen molar-refractivity contribution in [3.05, 3.63) is 101 Å². The topological polar surface area (TPSA) is 65.2 Å². The van der Waals surface area contributed by atoms with Crippen molar-refractivity contribution in [3.63, 3.8) is 0 Å². The van der Waals surface area contributed by atoms with Gasteiger partial charge in [-0.05, 0) is 47.4 Å². The third kappa shape index (κ3) is 4.02. The largest absolute Gasteiger partial charge is 0.361 e. The van der Waals surface area contributed by atoms with Crippen LogP contribution in [0.1, 0.15) is 46.3 Å². The number of nitrogens with zero attached hydrogens (tertiary/aromatic N) is 1. The van der Waals surface area contributed by atoms with Gasteiger partial charge in [0.05, 0.1) is 0 Å². The SMILES string of the molecule is CCC(=O)N1CCc2cc(C(=O)NCC(c3ccccc3)c3c[nH]c4ccccc34)ccc21. The molecule has 4 aromatic rings. The lowest BCUT2D eigenvalue weighted by Crippen LogP contribution is -2.29. The predicted octanol–water partition coefficient (Wildman–Crippen LogP) is 5.03. The Labute approximate surface area is 193 Å². The van der Waals surface area contributed by atoms with Gasteiger partial charge in [-0.3, -0.25) is 9.59 Å². The van der Waals surface area contributed by atoms with Crippen molar-refractivity contribution in [1.82, 2.24) is 10.3 Å². The van der Waals surface area contributed by atoms with Gasteiger partial charge < -0.3 is 15.2 Å². The summed E-state index contributed by atoms with van der Waals surface area (Å²) in [5.74, 6) is 0.0487. The number of amides is 2. The standard InChI is InChI=1S/C28H27N3O2/c1-2-27(32)31-15-14-20-16-21(12-13-26(20)31)28(33)30-17-23(19-8-4-3-5-9-19)24-18-29-25-11-7-6-10-22(24)25/h3-13,16,18,23,29H,2,14-15,17H2,1H3,(H,30,33). The van der Waals surface area contributed by atoms with Gasteiger partial charge in [0.1, 0.15) is 0 Å². The van der Waals surface area contributed by atoms with E-state index < -0.39 is 0 Å². The molecule has 0 aliphatic carbocycles. The van der Waals surface area contributed by atoms with Gasteiger partial charge in [-0.1, -0.05) is 55.5 Å². The van der Waals surface area contributed by atoms with E-state index in [-0.39, 0.29) is 17.7 Å². The molecule has 1 unspecified atom stereocenters. The van der Waals surface area contributed by atoms with Crippen molar-refractivity contribution < 1.29 is 9.59 Å². The summed E-state index contributed by atoms with van der Waals surface area (Å²) in [5, 5.41) is 4.32. The van der Waals surface area contributed by atoms with Crippen LogP contribution in [0.25, 0.3) is 10.9 Å². The van der Waals surface area contributed by atoms with Crippen molar-refractivity contribution in [2.75, 3.05) is 18.0 Å². The van der Waals surface area contributed by atoms with E-state index in [0.717, 1.165) is 28.8 Å². The molecule has 0 bridgehead atoms. The fraction of sp³-hybridized carbons (Fsp3) is 0.214. The summed E-state index contributed by atoms with van der Waals surface area (Å²) in [6.45, 7) is 3.05. The van der Waals surface area contributed by atoms with E-state index in [2.05, 4.69) is 34.6 Å². The minimum absolute atomic E-state index is 0.0263. The Hall–Kier alpha value is -3.86. The van der Waals surface area contributed by atoms with Gasteiger partial charge in [-0.2, -0.15) is 0 Å². The fourth-order valence-corrected chi connectivity index (χ4v) is 4.76. The van der Waals surface area contributed by atoms with Gasteiger partial charge in [-0.25, -0.2) is 0 Å². The molecule has 1 aliphatic heterocycles. The first-order valence-electron chi connectivity index (χ1n) is 11.5. The molecule has 2 amide bonds. The molecule has 1 aromatic heterocycles. The number of aromatic nitrogens is 1. The van der Waals surface area contributed by atoms with Crippen LogP contribution in [0.15, 0.2) is 79.0 Å². The normalized spacial score (nSPS) is 13.7. The Kier molecular flexibility index (Phi) is 5.69. The number of carbonyl (C=O) groups excluding carboxylic acids is 2. The van der Waals surface area contributed by atoms with E-state index in [0.29, 0.717) is 25.1 Å². The number of hydrogen-bond acceptors (Lipinski definition) is 2.